The van der Waals surface area contributed by atoms with Crippen molar-refractivity contribution in [3.8, 4) is 0 Å². The topological polar surface area (TPSA) is 57.6 Å². The van der Waals surface area contributed by atoms with Crippen molar-refractivity contribution in [2.24, 2.45) is 11.8 Å². The Morgan fingerprint density at radius 2 is 2.17 bits per heavy atom. The first-order valence-electron chi connectivity index (χ1n) is 7.95. The van der Waals surface area contributed by atoms with Crippen LogP contribution in [0.1, 0.15) is 32.6 Å². The zero-order chi connectivity index (χ0) is 16.8. The van der Waals surface area contributed by atoms with Crippen LogP contribution in [0.25, 0.3) is 0 Å². The van der Waals surface area contributed by atoms with Gasteiger partial charge in [0.05, 0.1) is 15.5 Å². The molecule has 1 N–H and O–H groups in total. The molecule has 3 atom stereocenters. The highest BCUT2D eigenvalue weighted by Gasteiger charge is 2.50. The van der Waals surface area contributed by atoms with Crippen molar-refractivity contribution in [3.63, 3.8) is 0 Å². The first-order valence-corrected chi connectivity index (χ1v) is 9.77. The van der Waals surface area contributed by atoms with E-state index in [1.54, 1.807) is 0 Å². The molecular formula is C16H21ClFNO3S. The summed E-state index contributed by atoms with van der Waals surface area (Å²) in [6.07, 6.45) is 3.20. The van der Waals surface area contributed by atoms with E-state index >= 15 is 0 Å². The van der Waals surface area contributed by atoms with Gasteiger partial charge >= 0.3 is 0 Å². The molecule has 0 unspecified atom stereocenters. The van der Waals surface area contributed by atoms with E-state index in [0.717, 1.165) is 31.4 Å². The summed E-state index contributed by atoms with van der Waals surface area (Å²) in [4.78, 5) is 0.00239. The lowest BCUT2D eigenvalue weighted by Crippen LogP contribution is -2.44. The fourth-order valence-electron chi connectivity index (χ4n) is 4.01. The van der Waals surface area contributed by atoms with Gasteiger partial charge in [-0.05, 0) is 43.4 Å². The van der Waals surface area contributed by atoms with Crippen LogP contribution in [0.15, 0.2) is 23.1 Å². The smallest absolute Gasteiger partial charge is 0.243 e. The first-order chi connectivity index (χ1) is 10.8. The summed E-state index contributed by atoms with van der Waals surface area (Å²) < 4.78 is 40.3. The van der Waals surface area contributed by atoms with E-state index in [4.69, 9.17) is 11.6 Å². The summed E-state index contributed by atoms with van der Waals surface area (Å²) in [5, 5.41) is 10.6. The predicted octanol–water partition coefficient (Wildman–Crippen LogP) is 3.04. The summed E-state index contributed by atoms with van der Waals surface area (Å²) in [6, 6.07) is 3.46. The summed E-state index contributed by atoms with van der Waals surface area (Å²) in [5.41, 5.74) is -0.784. The van der Waals surface area contributed by atoms with E-state index in [2.05, 4.69) is 0 Å². The number of sulfonamides is 1. The molecule has 2 fully saturated rings. The molecule has 1 aliphatic heterocycles. The van der Waals surface area contributed by atoms with Crippen LogP contribution in [-0.4, -0.2) is 36.5 Å². The van der Waals surface area contributed by atoms with Crippen LogP contribution in [0.3, 0.4) is 0 Å². The lowest BCUT2D eigenvalue weighted by atomic mass is 9.69. The summed E-state index contributed by atoms with van der Waals surface area (Å²) in [6.45, 7) is 2.66. The van der Waals surface area contributed by atoms with Crippen LogP contribution in [0, 0.1) is 17.7 Å². The maximum absolute atomic E-state index is 13.3. The molecule has 3 rings (SSSR count). The van der Waals surface area contributed by atoms with Crippen molar-refractivity contribution in [2.45, 2.75) is 43.1 Å². The van der Waals surface area contributed by atoms with Gasteiger partial charge in [-0.2, -0.15) is 4.31 Å². The van der Waals surface area contributed by atoms with E-state index in [-0.39, 0.29) is 21.8 Å². The molecule has 0 aromatic heterocycles. The average molecular weight is 362 g/mol. The minimum atomic E-state index is -3.72. The first kappa shape index (κ1) is 17.1. The van der Waals surface area contributed by atoms with Gasteiger partial charge in [0.15, 0.2) is 0 Å². The average Bonchev–Trinajstić information content (AvgIpc) is 2.96. The van der Waals surface area contributed by atoms with Crippen molar-refractivity contribution in [1.82, 2.24) is 4.31 Å². The molecule has 1 aromatic rings. The van der Waals surface area contributed by atoms with E-state index < -0.39 is 21.4 Å². The third kappa shape index (κ3) is 2.90. The van der Waals surface area contributed by atoms with E-state index in [9.17, 15) is 17.9 Å². The quantitative estimate of drug-likeness (QED) is 0.900. The number of nitrogens with zero attached hydrogens (tertiary/aromatic N) is 1. The van der Waals surface area contributed by atoms with Crippen molar-refractivity contribution < 1.29 is 17.9 Å². The molecule has 4 nitrogen and oxygen atoms in total. The Labute approximate surface area is 141 Å². The fourth-order valence-corrected chi connectivity index (χ4v) is 5.81. The van der Waals surface area contributed by atoms with Gasteiger partial charge in [-0.25, -0.2) is 12.8 Å². The number of fused-ring (bicyclic) bond motifs is 1. The summed E-state index contributed by atoms with van der Waals surface area (Å²) >= 11 is 5.72. The predicted molar refractivity (Wildman–Crippen MR) is 86.2 cm³/mol. The Hall–Kier alpha value is -0.690. The van der Waals surface area contributed by atoms with Gasteiger partial charge in [0.1, 0.15) is 5.82 Å². The molecule has 1 saturated heterocycles. The van der Waals surface area contributed by atoms with Crippen LogP contribution >= 0.6 is 11.6 Å². The Morgan fingerprint density at radius 1 is 1.43 bits per heavy atom. The van der Waals surface area contributed by atoms with Gasteiger partial charge in [-0.1, -0.05) is 24.9 Å². The molecule has 1 heterocycles. The molecule has 23 heavy (non-hydrogen) atoms. The second-order valence-corrected chi connectivity index (χ2v) is 8.96. The molecular weight excluding hydrogens is 341 g/mol. The second-order valence-electron chi connectivity index (χ2n) is 6.61. The van der Waals surface area contributed by atoms with Gasteiger partial charge in [0, 0.05) is 19.0 Å². The molecule has 0 radical (unpaired) electrons. The van der Waals surface area contributed by atoms with Crippen LogP contribution in [0.2, 0.25) is 5.02 Å². The van der Waals surface area contributed by atoms with Crippen molar-refractivity contribution in [1.29, 1.82) is 0 Å². The number of hydrogen-bond acceptors (Lipinski definition) is 3. The van der Waals surface area contributed by atoms with Gasteiger partial charge in [-0.3, -0.25) is 0 Å². The van der Waals surface area contributed by atoms with Crippen molar-refractivity contribution in [3.05, 3.63) is 29.0 Å². The van der Waals surface area contributed by atoms with Gasteiger partial charge in [0.2, 0.25) is 10.0 Å². The monoisotopic (exact) mass is 361 g/mol. The Morgan fingerprint density at radius 3 is 2.83 bits per heavy atom. The number of benzene rings is 1. The second kappa shape index (κ2) is 5.99. The van der Waals surface area contributed by atoms with Crippen LogP contribution in [-0.2, 0) is 10.0 Å². The van der Waals surface area contributed by atoms with Crippen molar-refractivity contribution >= 4 is 21.6 Å². The molecule has 0 spiro atoms. The molecule has 7 heteroatoms. The van der Waals surface area contributed by atoms with E-state index in [1.165, 1.54) is 10.4 Å². The molecule has 128 valence electrons. The minimum Gasteiger partial charge on any atom is -0.390 e. The standard InChI is InChI=1S/C16H21ClFNO3S/c1-2-16(20)7-3-4-11-9-19(10-13(11)16)23(21,22)12-5-6-15(18)14(17)8-12/h5-6,8,11,13,20H,2-4,7,9-10H2,1H3/t11-,13+,16-/m1/s1. The maximum Gasteiger partial charge on any atom is 0.243 e. The number of halogens is 2. The Kier molecular flexibility index (Phi) is 4.46. The fraction of sp³-hybridized carbons (Fsp3) is 0.625. The minimum absolute atomic E-state index is 0.00239. The van der Waals surface area contributed by atoms with Crippen LogP contribution < -0.4 is 0 Å². The van der Waals surface area contributed by atoms with Gasteiger partial charge < -0.3 is 5.11 Å². The summed E-state index contributed by atoms with van der Waals surface area (Å²) in [7, 11) is -3.72. The SMILES string of the molecule is CC[C@@]1(O)CCC[C@@H]2CN(S(=O)(=O)c3ccc(F)c(Cl)c3)C[C@@H]21. The molecule has 0 bridgehead atoms. The molecule has 2 aliphatic rings. The number of rotatable bonds is 3. The molecule has 0 amide bonds. The normalized spacial score (nSPS) is 32.0. The lowest BCUT2D eigenvalue weighted by molar-refractivity contribution is -0.0605. The van der Waals surface area contributed by atoms with E-state index in [1.807, 2.05) is 6.92 Å². The maximum atomic E-state index is 13.3. The highest BCUT2D eigenvalue weighted by molar-refractivity contribution is 7.89. The third-order valence-corrected chi connectivity index (χ3v) is 7.54. The van der Waals surface area contributed by atoms with E-state index in [0.29, 0.717) is 19.5 Å². The Balaban J connectivity index is 1.89. The number of hydrogen-bond donors (Lipinski definition) is 1. The zero-order valence-corrected chi connectivity index (χ0v) is 14.6. The highest BCUT2D eigenvalue weighted by Crippen LogP contribution is 2.45. The Bertz CT molecular complexity index is 711. The number of aliphatic hydroxyl groups is 1. The zero-order valence-electron chi connectivity index (χ0n) is 13.0. The van der Waals surface area contributed by atoms with Crippen molar-refractivity contribution in [2.75, 3.05) is 13.1 Å². The largest absolute Gasteiger partial charge is 0.390 e. The summed E-state index contributed by atoms with van der Waals surface area (Å²) in [5.74, 6) is -0.493. The van der Waals surface area contributed by atoms with Gasteiger partial charge in [0.25, 0.3) is 0 Å². The molecule has 1 aliphatic carbocycles. The highest BCUT2D eigenvalue weighted by atomic mass is 35.5. The van der Waals surface area contributed by atoms with Crippen LogP contribution in [0.5, 0.6) is 0 Å². The molecule has 1 aromatic carbocycles. The van der Waals surface area contributed by atoms with Gasteiger partial charge in [-0.15, -0.1) is 0 Å². The lowest BCUT2D eigenvalue weighted by Gasteiger charge is -2.40. The third-order valence-electron chi connectivity index (χ3n) is 5.42. The molecule has 1 saturated carbocycles. The van der Waals surface area contributed by atoms with Crippen LogP contribution in [0.4, 0.5) is 4.39 Å².